The molecule has 1 fully saturated rings. The van der Waals surface area contributed by atoms with Crippen LogP contribution in [0.2, 0.25) is 0 Å². The van der Waals surface area contributed by atoms with E-state index in [9.17, 15) is 8.78 Å². The van der Waals surface area contributed by atoms with Crippen LogP contribution in [0, 0.1) is 11.6 Å². The molecule has 1 saturated heterocycles. The average molecular weight is 270 g/mol. The summed E-state index contributed by atoms with van der Waals surface area (Å²) in [6, 6.07) is 4.39. The Kier molecular flexibility index (Phi) is 5.24. The van der Waals surface area contributed by atoms with E-state index in [2.05, 4.69) is 10.2 Å². The lowest BCUT2D eigenvalue weighted by atomic mass is 10.1. The Hall–Kier alpha value is -1.04. The second kappa shape index (κ2) is 6.93. The lowest BCUT2D eigenvalue weighted by Gasteiger charge is -2.25. The lowest BCUT2D eigenvalue weighted by Crippen LogP contribution is -2.38. The fourth-order valence-corrected chi connectivity index (χ4v) is 2.50. The Bertz CT molecular complexity index is 408. The minimum Gasteiger partial charge on any atom is -0.395 e. The van der Waals surface area contributed by atoms with Crippen molar-refractivity contribution in [2.45, 2.75) is 25.4 Å². The first-order valence-corrected chi connectivity index (χ1v) is 6.69. The summed E-state index contributed by atoms with van der Waals surface area (Å²) in [5.41, 5.74) is 0.727. The molecule has 0 saturated carbocycles. The minimum absolute atomic E-state index is 0.0659. The topological polar surface area (TPSA) is 35.5 Å². The molecule has 1 heterocycles. The molecule has 1 aromatic carbocycles. The van der Waals surface area contributed by atoms with Crippen molar-refractivity contribution in [3.63, 3.8) is 0 Å². The molecule has 1 aliphatic heterocycles. The van der Waals surface area contributed by atoms with Crippen molar-refractivity contribution < 1.29 is 13.9 Å². The summed E-state index contributed by atoms with van der Waals surface area (Å²) in [7, 11) is 0. The Morgan fingerprint density at radius 3 is 2.79 bits per heavy atom. The predicted octanol–water partition coefficient (Wildman–Crippen LogP) is 1.51. The van der Waals surface area contributed by atoms with Crippen molar-refractivity contribution in [1.29, 1.82) is 0 Å². The van der Waals surface area contributed by atoms with E-state index < -0.39 is 11.6 Å². The number of hydrogen-bond acceptors (Lipinski definition) is 3. The van der Waals surface area contributed by atoms with Gasteiger partial charge < -0.3 is 10.4 Å². The van der Waals surface area contributed by atoms with Gasteiger partial charge in [0.1, 0.15) is 0 Å². The molecule has 0 radical (unpaired) electrons. The molecule has 1 aliphatic rings. The van der Waals surface area contributed by atoms with Crippen LogP contribution in [0.15, 0.2) is 18.2 Å². The molecule has 0 bridgehead atoms. The SMILES string of the molecule is OCCN(Cc1ccc(F)c(F)c1)CC1CCCN1. The number of aliphatic hydroxyl groups is 1. The molecule has 0 amide bonds. The monoisotopic (exact) mass is 270 g/mol. The summed E-state index contributed by atoms with van der Waals surface area (Å²) < 4.78 is 26.0. The van der Waals surface area contributed by atoms with Gasteiger partial charge in [0, 0.05) is 25.7 Å². The standard InChI is InChI=1S/C14H20F2N2O/c15-13-4-3-11(8-14(13)16)9-18(6-7-19)10-12-2-1-5-17-12/h3-4,8,12,17,19H,1-2,5-7,9-10H2. The molecule has 0 spiro atoms. The molecule has 1 aromatic rings. The van der Waals surface area contributed by atoms with E-state index in [4.69, 9.17) is 5.11 Å². The second-order valence-corrected chi connectivity index (χ2v) is 5.00. The van der Waals surface area contributed by atoms with Crippen molar-refractivity contribution in [2.75, 3.05) is 26.2 Å². The van der Waals surface area contributed by atoms with E-state index in [1.807, 2.05) is 0 Å². The van der Waals surface area contributed by atoms with E-state index in [0.717, 1.165) is 31.1 Å². The van der Waals surface area contributed by atoms with Crippen LogP contribution in [-0.2, 0) is 6.54 Å². The fourth-order valence-electron chi connectivity index (χ4n) is 2.50. The maximum atomic E-state index is 13.2. The Morgan fingerprint density at radius 1 is 1.32 bits per heavy atom. The normalized spacial score (nSPS) is 19.3. The van der Waals surface area contributed by atoms with Crippen molar-refractivity contribution >= 4 is 0 Å². The summed E-state index contributed by atoms with van der Waals surface area (Å²) in [4.78, 5) is 2.07. The number of nitrogens with one attached hydrogen (secondary N) is 1. The number of nitrogens with zero attached hydrogens (tertiary/aromatic N) is 1. The molecule has 0 aliphatic carbocycles. The number of rotatable bonds is 6. The molecule has 2 N–H and O–H groups in total. The number of benzene rings is 1. The summed E-state index contributed by atoms with van der Waals surface area (Å²) in [6.07, 6.45) is 2.29. The van der Waals surface area contributed by atoms with Crippen LogP contribution in [-0.4, -0.2) is 42.3 Å². The van der Waals surface area contributed by atoms with Gasteiger partial charge in [-0.3, -0.25) is 4.90 Å². The maximum Gasteiger partial charge on any atom is 0.159 e. The van der Waals surface area contributed by atoms with E-state index in [1.165, 1.54) is 12.5 Å². The number of halogens is 2. The smallest absolute Gasteiger partial charge is 0.159 e. The molecule has 19 heavy (non-hydrogen) atoms. The largest absolute Gasteiger partial charge is 0.395 e. The first-order chi connectivity index (χ1) is 9.19. The summed E-state index contributed by atoms with van der Waals surface area (Å²) >= 11 is 0. The van der Waals surface area contributed by atoms with Crippen LogP contribution >= 0.6 is 0 Å². The Balaban J connectivity index is 1.96. The third-order valence-electron chi connectivity index (χ3n) is 3.45. The highest BCUT2D eigenvalue weighted by molar-refractivity contribution is 5.17. The van der Waals surface area contributed by atoms with Crippen LogP contribution in [0.4, 0.5) is 8.78 Å². The van der Waals surface area contributed by atoms with Gasteiger partial charge in [0.15, 0.2) is 11.6 Å². The van der Waals surface area contributed by atoms with Crippen LogP contribution in [0.1, 0.15) is 18.4 Å². The molecule has 1 unspecified atom stereocenters. The van der Waals surface area contributed by atoms with Crippen LogP contribution in [0.25, 0.3) is 0 Å². The van der Waals surface area contributed by atoms with E-state index in [-0.39, 0.29) is 6.61 Å². The molecule has 3 nitrogen and oxygen atoms in total. The van der Waals surface area contributed by atoms with Gasteiger partial charge in [0.2, 0.25) is 0 Å². The van der Waals surface area contributed by atoms with Crippen molar-refractivity contribution in [3.05, 3.63) is 35.4 Å². The van der Waals surface area contributed by atoms with Gasteiger partial charge in [-0.15, -0.1) is 0 Å². The van der Waals surface area contributed by atoms with Gasteiger partial charge in [0.25, 0.3) is 0 Å². The lowest BCUT2D eigenvalue weighted by molar-refractivity contribution is 0.179. The Labute approximate surface area is 112 Å². The zero-order chi connectivity index (χ0) is 13.7. The average Bonchev–Trinajstić information content (AvgIpc) is 2.87. The maximum absolute atomic E-state index is 13.2. The third-order valence-corrected chi connectivity index (χ3v) is 3.45. The van der Waals surface area contributed by atoms with E-state index in [0.29, 0.717) is 19.1 Å². The summed E-state index contributed by atoms with van der Waals surface area (Å²) in [6.45, 7) is 2.98. The molecule has 106 valence electrons. The quantitative estimate of drug-likeness (QED) is 0.822. The van der Waals surface area contributed by atoms with Crippen molar-refractivity contribution in [1.82, 2.24) is 10.2 Å². The van der Waals surface area contributed by atoms with E-state index >= 15 is 0 Å². The first kappa shape index (κ1) is 14.4. The van der Waals surface area contributed by atoms with Gasteiger partial charge in [-0.2, -0.15) is 0 Å². The molecule has 2 rings (SSSR count). The highest BCUT2D eigenvalue weighted by atomic mass is 19.2. The highest BCUT2D eigenvalue weighted by Crippen LogP contribution is 2.13. The van der Waals surface area contributed by atoms with Gasteiger partial charge in [-0.25, -0.2) is 8.78 Å². The third kappa shape index (κ3) is 4.23. The molecule has 0 aromatic heterocycles. The van der Waals surface area contributed by atoms with Crippen LogP contribution in [0.5, 0.6) is 0 Å². The fraction of sp³-hybridized carbons (Fsp3) is 0.571. The minimum atomic E-state index is -0.824. The van der Waals surface area contributed by atoms with Crippen LogP contribution < -0.4 is 5.32 Å². The molecular formula is C14H20F2N2O. The van der Waals surface area contributed by atoms with E-state index in [1.54, 1.807) is 6.07 Å². The first-order valence-electron chi connectivity index (χ1n) is 6.69. The highest BCUT2D eigenvalue weighted by Gasteiger charge is 2.18. The van der Waals surface area contributed by atoms with Gasteiger partial charge >= 0.3 is 0 Å². The zero-order valence-corrected chi connectivity index (χ0v) is 10.9. The summed E-state index contributed by atoms with van der Waals surface area (Å²) in [5, 5.41) is 12.5. The van der Waals surface area contributed by atoms with Gasteiger partial charge in [-0.1, -0.05) is 6.07 Å². The van der Waals surface area contributed by atoms with Crippen molar-refractivity contribution in [2.24, 2.45) is 0 Å². The Morgan fingerprint density at radius 2 is 2.16 bits per heavy atom. The van der Waals surface area contributed by atoms with Gasteiger partial charge in [0.05, 0.1) is 6.61 Å². The summed E-state index contributed by atoms with van der Waals surface area (Å²) in [5.74, 6) is -1.64. The molecule has 5 heteroatoms. The number of hydrogen-bond donors (Lipinski definition) is 2. The van der Waals surface area contributed by atoms with Crippen LogP contribution in [0.3, 0.4) is 0 Å². The molecule has 1 atom stereocenters. The predicted molar refractivity (Wildman–Crippen MR) is 69.7 cm³/mol. The van der Waals surface area contributed by atoms with Gasteiger partial charge in [-0.05, 0) is 37.1 Å². The number of aliphatic hydroxyl groups excluding tert-OH is 1. The second-order valence-electron chi connectivity index (χ2n) is 5.00. The zero-order valence-electron chi connectivity index (χ0n) is 10.9. The van der Waals surface area contributed by atoms with Crippen molar-refractivity contribution in [3.8, 4) is 0 Å². The molecular weight excluding hydrogens is 250 g/mol.